The number of hydrogen-bond donors (Lipinski definition) is 0. The van der Waals surface area contributed by atoms with Crippen LogP contribution in [0.5, 0.6) is 0 Å². The maximum atomic E-state index is 6.54. The summed E-state index contributed by atoms with van der Waals surface area (Å²) in [5.41, 5.74) is 3.46. The third-order valence-corrected chi connectivity index (χ3v) is 6.29. The first-order valence-corrected chi connectivity index (χ1v) is 9.33. The molecule has 0 bridgehead atoms. The van der Waals surface area contributed by atoms with E-state index in [0.29, 0.717) is 13.2 Å². The lowest BCUT2D eigenvalue weighted by molar-refractivity contribution is 0.211. The molecule has 2 nitrogen and oxygen atoms in total. The Morgan fingerprint density at radius 1 is 0.857 bits per heavy atom. The molecule has 0 aliphatic heterocycles. The molecule has 0 amide bonds. The lowest BCUT2D eigenvalue weighted by Crippen LogP contribution is -2.28. The Morgan fingerprint density at radius 3 is 1.90 bits per heavy atom. The predicted molar refractivity (Wildman–Crippen MR) is 90.9 cm³/mol. The second kappa shape index (κ2) is 8.34. The van der Waals surface area contributed by atoms with Gasteiger partial charge in [-0.2, -0.15) is 0 Å². The molecule has 2 rings (SSSR count). The zero-order chi connectivity index (χ0) is 15.1. The van der Waals surface area contributed by atoms with Crippen LogP contribution in [0.25, 0.3) is 11.1 Å². The Labute approximate surface area is 133 Å². The van der Waals surface area contributed by atoms with Crippen LogP contribution in [0.1, 0.15) is 24.4 Å². The fourth-order valence-corrected chi connectivity index (χ4v) is 4.40. The number of rotatable bonds is 7. The SMILES string of the molecule is CCO[SiH](OCC)C(Cl)c1ccc(-c2ccccc2)cc1. The maximum Gasteiger partial charge on any atom is 0.344 e. The fraction of sp³-hybridized carbons (Fsp3) is 0.294. The van der Waals surface area contributed by atoms with Gasteiger partial charge in [-0.05, 0) is 30.5 Å². The van der Waals surface area contributed by atoms with Crippen molar-refractivity contribution in [3.05, 3.63) is 60.2 Å². The van der Waals surface area contributed by atoms with Crippen molar-refractivity contribution in [1.29, 1.82) is 0 Å². The minimum Gasteiger partial charge on any atom is -0.396 e. The third kappa shape index (κ3) is 4.42. The minimum absolute atomic E-state index is 0.172. The van der Waals surface area contributed by atoms with Gasteiger partial charge in [-0.15, -0.1) is 11.6 Å². The molecule has 0 heterocycles. The molecular formula is C17H21ClO2Si. The van der Waals surface area contributed by atoms with E-state index in [9.17, 15) is 0 Å². The first kappa shape index (κ1) is 16.2. The molecule has 0 aliphatic rings. The van der Waals surface area contributed by atoms with E-state index in [4.69, 9.17) is 20.5 Å². The Bertz CT molecular complexity index is 524. The Hall–Kier alpha value is -1.13. The summed E-state index contributed by atoms with van der Waals surface area (Å²) in [6.45, 7) is 5.23. The summed E-state index contributed by atoms with van der Waals surface area (Å²) in [6.07, 6.45) is 0. The standard InChI is InChI=1S/C17H21ClO2Si/c1-3-19-21(20-4-2)17(18)16-12-10-15(11-13-16)14-8-6-5-7-9-14/h5-13,17,21H,3-4H2,1-2H3. The van der Waals surface area contributed by atoms with E-state index < -0.39 is 9.28 Å². The predicted octanol–water partition coefficient (Wildman–Crippen LogP) is 4.47. The zero-order valence-corrected chi connectivity index (χ0v) is 14.4. The molecule has 2 aromatic carbocycles. The van der Waals surface area contributed by atoms with Gasteiger partial charge in [0.25, 0.3) is 0 Å². The highest BCUT2D eigenvalue weighted by Gasteiger charge is 2.25. The van der Waals surface area contributed by atoms with Gasteiger partial charge in [0.2, 0.25) is 0 Å². The molecular weight excluding hydrogens is 300 g/mol. The molecule has 0 saturated carbocycles. The van der Waals surface area contributed by atoms with Crippen molar-refractivity contribution in [3.8, 4) is 11.1 Å². The first-order valence-electron chi connectivity index (χ1n) is 7.29. The van der Waals surface area contributed by atoms with E-state index in [1.165, 1.54) is 11.1 Å². The molecule has 0 aliphatic carbocycles. The highest BCUT2D eigenvalue weighted by molar-refractivity contribution is 6.58. The molecule has 1 atom stereocenters. The van der Waals surface area contributed by atoms with Gasteiger partial charge in [-0.3, -0.25) is 0 Å². The van der Waals surface area contributed by atoms with E-state index in [1.807, 2.05) is 32.0 Å². The normalized spacial score (nSPS) is 12.6. The Morgan fingerprint density at radius 2 is 1.38 bits per heavy atom. The lowest BCUT2D eigenvalue weighted by Gasteiger charge is -2.20. The number of alkyl halides is 1. The molecule has 4 heteroatoms. The van der Waals surface area contributed by atoms with Gasteiger partial charge in [0.15, 0.2) is 0 Å². The number of hydrogen-bond acceptors (Lipinski definition) is 2. The van der Waals surface area contributed by atoms with Crippen molar-refractivity contribution < 1.29 is 8.85 Å². The molecule has 0 radical (unpaired) electrons. The van der Waals surface area contributed by atoms with Crippen LogP contribution >= 0.6 is 11.6 Å². The molecule has 21 heavy (non-hydrogen) atoms. The monoisotopic (exact) mass is 320 g/mol. The van der Waals surface area contributed by atoms with Gasteiger partial charge >= 0.3 is 9.28 Å². The van der Waals surface area contributed by atoms with E-state index in [-0.39, 0.29) is 5.00 Å². The van der Waals surface area contributed by atoms with Gasteiger partial charge < -0.3 is 8.85 Å². The van der Waals surface area contributed by atoms with Crippen LogP contribution < -0.4 is 0 Å². The largest absolute Gasteiger partial charge is 0.396 e. The van der Waals surface area contributed by atoms with Gasteiger partial charge in [0.1, 0.15) is 0 Å². The third-order valence-electron chi connectivity index (χ3n) is 3.24. The summed E-state index contributed by atoms with van der Waals surface area (Å²) in [5, 5.41) is -0.172. The van der Waals surface area contributed by atoms with Crippen molar-refractivity contribution in [1.82, 2.24) is 0 Å². The van der Waals surface area contributed by atoms with Crippen molar-refractivity contribution in [2.24, 2.45) is 0 Å². The average molecular weight is 321 g/mol. The molecule has 0 spiro atoms. The Balaban J connectivity index is 2.14. The Kier molecular flexibility index (Phi) is 6.45. The van der Waals surface area contributed by atoms with E-state index in [1.54, 1.807) is 0 Å². The lowest BCUT2D eigenvalue weighted by atomic mass is 10.0. The number of halogens is 1. The summed E-state index contributed by atoms with van der Waals surface area (Å²) in [5.74, 6) is 0. The van der Waals surface area contributed by atoms with Crippen molar-refractivity contribution >= 4 is 20.9 Å². The summed E-state index contributed by atoms with van der Waals surface area (Å²) in [4.78, 5) is 0. The summed E-state index contributed by atoms with van der Waals surface area (Å²) in [7, 11) is -1.88. The van der Waals surface area contributed by atoms with Crippen LogP contribution in [0.2, 0.25) is 0 Å². The molecule has 0 aromatic heterocycles. The molecule has 112 valence electrons. The van der Waals surface area contributed by atoms with Crippen LogP contribution in [0.3, 0.4) is 0 Å². The van der Waals surface area contributed by atoms with Gasteiger partial charge in [-0.25, -0.2) is 0 Å². The highest BCUT2D eigenvalue weighted by Crippen LogP contribution is 2.27. The molecule has 0 saturated heterocycles. The van der Waals surface area contributed by atoms with Crippen LogP contribution in [0, 0.1) is 0 Å². The van der Waals surface area contributed by atoms with Gasteiger partial charge in [0.05, 0.1) is 5.00 Å². The minimum atomic E-state index is -1.88. The van der Waals surface area contributed by atoms with E-state index >= 15 is 0 Å². The smallest absolute Gasteiger partial charge is 0.344 e. The first-order chi connectivity index (χ1) is 10.3. The van der Waals surface area contributed by atoms with Crippen LogP contribution in [0.15, 0.2) is 54.6 Å². The van der Waals surface area contributed by atoms with Crippen molar-refractivity contribution in [2.75, 3.05) is 13.2 Å². The summed E-state index contributed by atoms with van der Waals surface area (Å²) >= 11 is 6.54. The summed E-state index contributed by atoms with van der Waals surface area (Å²) in [6, 6.07) is 18.6. The van der Waals surface area contributed by atoms with Gasteiger partial charge in [-0.1, -0.05) is 54.6 Å². The van der Waals surface area contributed by atoms with Crippen LogP contribution in [-0.4, -0.2) is 22.5 Å². The second-order valence-corrected chi connectivity index (χ2v) is 7.63. The molecule has 0 fully saturated rings. The van der Waals surface area contributed by atoms with E-state index in [0.717, 1.165) is 5.56 Å². The fourth-order valence-electron chi connectivity index (χ4n) is 2.19. The highest BCUT2D eigenvalue weighted by atomic mass is 35.5. The van der Waals surface area contributed by atoms with Gasteiger partial charge in [0, 0.05) is 13.2 Å². The molecule has 1 unspecified atom stereocenters. The zero-order valence-electron chi connectivity index (χ0n) is 12.5. The van der Waals surface area contributed by atoms with E-state index in [2.05, 4.69) is 36.4 Å². The molecule has 2 aromatic rings. The molecule has 0 N–H and O–H groups in total. The number of benzene rings is 2. The topological polar surface area (TPSA) is 18.5 Å². The van der Waals surface area contributed by atoms with Crippen molar-refractivity contribution in [2.45, 2.75) is 18.8 Å². The second-order valence-electron chi connectivity index (χ2n) is 4.67. The summed E-state index contributed by atoms with van der Waals surface area (Å²) < 4.78 is 11.4. The van der Waals surface area contributed by atoms with Crippen LogP contribution in [-0.2, 0) is 8.85 Å². The quantitative estimate of drug-likeness (QED) is 0.553. The van der Waals surface area contributed by atoms with Crippen molar-refractivity contribution in [3.63, 3.8) is 0 Å². The average Bonchev–Trinajstić information content (AvgIpc) is 2.55. The maximum absolute atomic E-state index is 6.54. The van der Waals surface area contributed by atoms with Crippen LogP contribution in [0.4, 0.5) is 0 Å².